The summed E-state index contributed by atoms with van der Waals surface area (Å²) in [6.45, 7) is 4.24. The van der Waals surface area contributed by atoms with E-state index in [-0.39, 0.29) is 0 Å². The molecule has 2 aromatic rings. The molecule has 0 unspecified atom stereocenters. The summed E-state index contributed by atoms with van der Waals surface area (Å²) >= 11 is 1.61. The second-order valence-corrected chi connectivity index (χ2v) is 6.51. The molecule has 0 aromatic carbocycles. The lowest BCUT2D eigenvalue weighted by Crippen LogP contribution is -2.39. The van der Waals surface area contributed by atoms with E-state index in [9.17, 15) is 0 Å². The molecule has 9 nitrogen and oxygen atoms in total. The van der Waals surface area contributed by atoms with Gasteiger partial charge in [0.05, 0.1) is 25.4 Å². The number of aromatic nitrogens is 4. The second-order valence-electron chi connectivity index (χ2n) is 5.68. The zero-order chi connectivity index (χ0) is 18.2. The van der Waals surface area contributed by atoms with E-state index in [1.165, 1.54) is 0 Å². The van der Waals surface area contributed by atoms with Crippen molar-refractivity contribution in [2.24, 2.45) is 12.0 Å². The van der Waals surface area contributed by atoms with E-state index < -0.39 is 0 Å². The molecule has 0 atom stereocenters. The number of rotatable bonds is 8. The van der Waals surface area contributed by atoms with Crippen LogP contribution in [-0.2, 0) is 24.9 Å². The van der Waals surface area contributed by atoms with Crippen molar-refractivity contribution in [2.75, 3.05) is 39.3 Å². The Bertz CT molecular complexity index is 694. The minimum absolute atomic E-state index is 0.504. The van der Waals surface area contributed by atoms with Crippen LogP contribution in [0.15, 0.2) is 10.4 Å². The summed E-state index contributed by atoms with van der Waals surface area (Å²) in [7, 11) is 7.58. The Labute approximate surface area is 152 Å². The van der Waals surface area contributed by atoms with Crippen molar-refractivity contribution < 1.29 is 4.74 Å². The molecule has 0 saturated carbocycles. The van der Waals surface area contributed by atoms with Crippen LogP contribution in [0.25, 0.3) is 0 Å². The predicted molar refractivity (Wildman–Crippen MR) is 100 cm³/mol. The SMILES string of the molecule is COCCNC(=NCc1csc(N(C)C)n1)NCc1nnc(C)n1C. The highest BCUT2D eigenvalue weighted by Gasteiger charge is 2.07. The van der Waals surface area contributed by atoms with Gasteiger partial charge in [0, 0.05) is 40.2 Å². The molecule has 0 saturated heterocycles. The normalized spacial score (nSPS) is 11.6. The number of hydrogen-bond acceptors (Lipinski definition) is 7. The molecule has 2 aromatic heterocycles. The van der Waals surface area contributed by atoms with Crippen LogP contribution in [0.4, 0.5) is 5.13 Å². The third kappa shape index (κ3) is 5.68. The molecule has 0 aliphatic rings. The summed E-state index contributed by atoms with van der Waals surface area (Å²) in [6, 6.07) is 0. The quantitative estimate of drug-likeness (QED) is 0.400. The van der Waals surface area contributed by atoms with Gasteiger partial charge in [-0.1, -0.05) is 0 Å². The maximum absolute atomic E-state index is 5.08. The highest BCUT2D eigenvalue weighted by atomic mass is 32.1. The summed E-state index contributed by atoms with van der Waals surface area (Å²) in [5, 5.41) is 17.7. The number of nitrogens with one attached hydrogen (secondary N) is 2. The van der Waals surface area contributed by atoms with Gasteiger partial charge in [-0.05, 0) is 6.92 Å². The zero-order valence-corrected chi connectivity index (χ0v) is 16.2. The lowest BCUT2D eigenvalue weighted by atomic mass is 10.5. The molecule has 0 amide bonds. The number of methoxy groups -OCH3 is 1. The van der Waals surface area contributed by atoms with Gasteiger partial charge < -0.3 is 24.8 Å². The lowest BCUT2D eigenvalue weighted by molar-refractivity contribution is 0.203. The average molecular weight is 366 g/mol. The van der Waals surface area contributed by atoms with Crippen molar-refractivity contribution in [3.8, 4) is 0 Å². The van der Waals surface area contributed by atoms with Crippen molar-refractivity contribution in [2.45, 2.75) is 20.0 Å². The number of aryl methyl sites for hydroxylation is 1. The van der Waals surface area contributed by atoms with Crippen molar-refractivity contribution in [3.05, 3.63) is 22.7 Å². The smallest absolute Gasteiger partial charge is 0.192 e. The Morgan fingerprint density at radius 1 is 1.36 bits per heavy atom. The molecule has 0 bridgehead atoms. The maximum atomic E-state index is 5.08. The van der Waals surface area contributed by atoms with Crippen LogP contribution in [-0.4, -0.2) is 60.1 Å². The number of ether oxygens (including phenoxy) is 1. The van der Waals surface area contributed by atoms with Gasteiger partial charge in [0.15, 0.2) is 16.9 Å². The van der Waals surface area contributed by atoms with Gasteiger partial charge in [0.25, 0.3) is 0 Å². The van der Waals surface area contributed by atoms with Crippen molar-refractivity contribution in [1.82, 2.24) is 30.4 Å². The number of nitrogens with zero attached hydrogens (tertiary/aromatic N) is 6. The Morgan fingerprint density at radius 2 is 2.16 bits per heavy atom. The van der Waals surface area contributed by atoms with Gasteiger partial charge >= 0.3 is 0 Å². The van der Waals surface area contributed by atoms with E-state index in [0.29, 0.717) is 32.2 Å². The monoisotopic (exact) mass is 366 g/mol. The minimum atomic E-state index is 0.504. The molecule has 10 heteroatoms. The topological polar surface area (TPSA) is 92.5 Å². The molecule has 0 fully saturated rings. The van der Waals surface area contributed by atoms with Crippen LogP contribution >= 0.6 is 11.3 Å². The first-order chi connectivity index (χ1) is 12.0. The summed E-state index contributed by atoms with van der Waals surface area (Å²) in [6.07, 6.45) is 0. The van der Waals surface area contributed by atoms with Crippen LogP contribution in [0.1, 0.15) is 17.3 Å². The van der Waals surface area contributed by atoms with Gasteiger partial charge in [0.2, 0.25) is 0 Å². The summed E-state index contributed by atoms with van der Waals surface area (Å²) < 4.78 is 7.03. The van der Waals surface area contributed by atoms with Crippen molar-refractivity contribution in [1.29, 1.82) is 0 Å². The Morgan fingerprint density at radius 3 is 2.76 bits per heavy atom. The second kappa shape index (κ2) is 9.33. The molecular weight excluding hydrogens is 340 g/mol. The predicted octanol–water partition coefficient (Wildman–Crippen LogP) is 0.528. The highest BCUT2D eigenvalue weighted by Crippen LogP contribution is 2.18. The minimum Gasteiger partial charge on any atom is -0.383 e. The molecular formula is C15H26N8OS. The summed E-state index contributed by atoms with van der Waals surface area (Å²) in [5.41, 5.74) is 0.941. The van der Waals surface area contributed by atoms with Crippen LogP contribution in [0.5, 0.6) is 0 Å². The van der Waals surface area contributed by atoms with Gasteiger partial charge in [-0.25, -0.2) is 9.98 Å². The fraction of sp³-hybridized carbons (Fsp3) is 0.600. The molecule has 2 heterocycles. The first kappa shape index (κ1) is 19.1. The highest BCUT2D eigenvalue weighted by molar-refractivity contribution is 7.13. The third-order valence-corrected chi connectivity index (χ3v) is 4.57. The maximum Gasteiger partial charge on any atom is 0.192 e. The summed E-state index contributed by atoms with van der Waals surface area (Å²) in [5.74, 6) is 2.42. The van der Waals surface area contributed by atoms with E-state index in [4.69, 9.17) is 4.74 Å². The van der Waals surface area contributed by atoms with E-state index in [0.717, 1.165) is 22.5 Å². The zero-order valence-electron chi connectivity index (χ0n) is 15.4. The van der Waals surface area contributed by atoms with E-state index in [2.05, 4.69) is 30.8 Å². The first-order valence-corrected chi connectivity index (χ1v) is 8.87. The van der Waals surface area contributed by atoms with Gasteiger partial charge in [0.1, 0.15) is 5.82 Å². The Balaban J connectivity index is 1.99. The largest absolute Gasteiger partial charge is 0.383 e. The third-order valence-electron chi connectivity index (χ3n) is 3.52. The average Bonchev–Trinajstić information content (AvgIpc) is 3.18. The molecule has 2 rings (SSSR count). The van der Waals surface area contributed by atoms with Crippen LogP contribution in [0.3, 0.4) is 0 Å². The van der Waals surface area contributed by atoms with E-state index in [1.54, 1.807) is 18.4 Å². The Hall–Kier alpha value is -2.20. The van der Waals surface area contributed by atoms with Crippen LogP contribution in [0, 0.1) is 6.92 Å². The van der Waals surface area contributed by atoms with Crippen LogP contribution in [0.2, 0.25) is 0 Å². The molecule has 25 heavy (non-hydrogen) atoms. The number of thiazole rings is 1. The fourth-order valence-corrected chi connectivity index (χ4v) is 2.70. The number of hydrogen-bond donors (Lipinski definition) is 2. The number of anilines is 1. The van der Waals surface area contributed by atoms with E-state index in [1.807, 2.05) is 42.9 Å². The molecule has 0 aliphatic carbocycles. The molecule has 0 aliphatic heterocycles. The van der Waals surface area contributed by atoms with Crippen molar-refractivity contribution >= 4 is 22.4 Å². The first-order valence-electron chi connectivity index (χ1n) is 7.99. The fourth-order valence-electron chi connectivity index (χ4n) is 1.95. The van der Waals surface area contributed by atoms with Gasteiger partial charge in [-0.15, -0.1) is 21.5 Å². The number of aliphatic imine (C=N–C) groups is 1. The summed E-state index contributed by atoms with van der Waals surface area (Å²) in [4.78, 5) is 11.1. The molecule has 138 valence electrons. The van der Waals surface area contributed by atoms with Crippen molar-refractivity contribution in [3.63, 3.8) is 0 Å². The molecule has 0 spiro atoms. The standard InChI is InChI=1S/C15H26N8OS/c1-11-20-21-13(23(11)4)9-18-14(16-6-7-24-5)17-8-12-10-25-15(19-12)22(2)3/h10H,6-9H2,1-5H3,(H2,16,17,18). The molecule has 0 radical (unpaired) electrons. The van der Waals surface area contributed by atoms with Gasteiger partial charge in [-0.2, -0.15) is 0 Å². The van der Waals surface area contributed by atoms with Gasteiger partial charge in [-0.3, -0.25) is 0 Å². The molecule has 2 N–H and O–H groups in total. The Kier molecular flexibility index (Phi) is 7.14. The van der Waals surface area contributed by atoms with Crippen LogP contribution < -0.4 is 15.5 Å². The number of guanidine groups is 1. The lowest BCUT2D eigenvalue weighted by Gasteiger charge is -2.12. The van der Waals surface area contributed by atoms with E-state index >= 15 is 0 Å².